The lowest BCUT2D eigenvalue weighted by Crippen LogP contribution is -2.38. The molecule has 26 heavy (non-hydrogen) atoms. The highest BCUT2D eigenvalue weighted by Gasteiger charge is 2.42. The van der Waals surface area contributed by atoms with Gasteiger partial charge in [0.25, 0.3) is 0 Å². The van der Waals surface area contributed by atoms with Crippen molar-refractivity contribution in [2.75, 3.05) is 11.4 Å². The molecule has 0 spiro atoms. The number of aromatic amines is 1. The van der Waals surface area contributed by atoms with Gasteiger partial charge in [0.1, 0.15) is 0 Å². The minimum Gasteiger partial charge on any atom is -0.364 e. The molecule has 3 N–H and O–H groups in total. The molecule has 0 amide bonds. The molecule has 0 saturated heterocycles. The predicted octanol–water partition coefficient (Wildman–Crippen LogP) is 4.21. The second-order valence-electron chi connectivity index (χ2n) is 8.57. The zero-order valence-electron chi connectivity index (χ0n) is 15.9. The fourth-order valence-electron chi connectivity index (χ4n) is 5.13. The lowest BCUT2D eigenvalue weighted by molar-refractivity contribution is 0.448. The summed E-state index contributed by atoms with van der Waals surface area (Å²) in [4.78, 5) is 6.29. The Morgan fingerprint density at radius 1 is 1.31 bits per heavy atom. The number of H-pyrrole nitrogens is 1. The minimum absolute atomic E-state index is 0.132. The Kier molecular flexibility index (Phi) is 3.32. The van der Waals surface area contributed by atoms with Crippen LogP contribution < -0.4 is 15.8 Å². The Labute approximate surface area is 155 Å². The summed E-state index contributed by atoms with van der Waals surface area (Å²) in [5.74, 6) is 0. The van der Waals surface area contributed by atoms with Gasteiger partial charge < -0.3 is 15.3 Å². The SMILES string of the molecule is C=CCN1c2cc3c4c([nH]c3cc2C(C)(C)C1C)C1NNC=C1CCC4. The van der Waals surface area contributed by atoms with Gasteiger partial charge in [-0.15, -0.1) is 6.58 Å². The van der Waals surface area contributed by atoms with Gasteiger partial charge in [-0.05, 0) is 55.0 Å². The Balaban J connectivity index is 1.72. The summed E-state index contributed by atoms with van der Waals surface area (Å²) in [6.07, 6.45) is 7.67. The predicted molar refractivity (Wildman–Crippen MR) is 108 cm³/mol. The molecule has 0 radical (unpaired) electrons. The van der Waals surface area contributed by atoms with Crippen LogP contribution in [0.5, 0.6) is 0 Å². The van der Waals surface area contributed by atoms with Gasteiger partial charge in [-0.25, -0.2) is 5.43 Å². The second-order valence-corrected chi connectivity index (χ2v) is 8.57. The number of hydrogen-bond donors (Lipinski definition) is 3. The maximum atomic E-state index is 3.98. The molecule has 1 aliphatic carbocycles. The van der Waals surface area contributed by atoms with E-state index in [2.05, 4.69) is 66.4 Å². The first-order valence-electron chi connectivity index (χ1n) is 9.79. The normalized spacial score (nSPS) is 26.0. The van der Waals surface area contributed by atoms with Crippen molar-refractivity contribution in [2.24, 2.45) is 0 Å². The van der Waals surface area contributed by atoms with Crippen molar-refractivity contribution in [3.63, 3.8) is 0 Å². The number of benzene rings is 1. The van der Waals surface area contributed by atoms with E-state index in [9.17, 15) is 0 Å². The molecule has 2 aromatic rings. The third kappa shape index (κ3) is 1.99. The maximum absolute atomic E-state index is 3.98. The Morgan fingerprint density at radius 3 is 2.96 bits per heavy atom. The average molecular weight is 348 g/mol. The highest BCUT2D eigenvalue weighted by atomic mass is 15.4. The van der Waals surface area contributed by atoms with Crippen LogP contribution in [0.3, 0.4) is 0 Å². The van der Waals surface area contributed by atoms with Gasteiger partial charge in [-0.3, -0.25) is 0 Å². The Bertz CT molecular complexity index is 933. The molecule has 4 heteroatoms. The standard InChI is InChI=1S/C22H28N4/c1-5-9-26-13(2)22(3,4)17-11-18-16(10-19(17)26)15-8-6-7-14-12-23-25-20(14)21(15)24-18/h5,10-13,20,23-25H,1,6-9H2,2-4H3. The van der Waals surface area contributed by atoms with Crippen LogP contribution in [0.15, 0.2) is 36.6 Å². The van der Waals surface area contributed by atoms with Crippen LogP contribution in [0.1, 0.15) is 56.5 Å². The minimum atomic E-state index is 0.132. The molecule has 0 bridgehead atoms. The smallest absolute Gasteiger partial charge is 0.0889 e. The number of hydrazine groups is 1. The molecule has 3 aliphatic rings. The van der Waals surface area contributed by atoms with Gasteiger partial charge in [0.05, 0.1) is 6.04 Å². The van der Waals surface area contributed by atoms with Gasteiger partial charge in [0.2, 0.25) is 0 Å². The largest absolute Gasteiger partial charge is 0.364 e. The summed E-state index contributed by atoms with van der Waals surface area (Å²) in [6, 6.07) is 5.60. The van der Waals surface area contributed by atoms with Crippen molar-refractivity contribution in [2.45, 2.75) is 57.5 Å². The van der Waals surface area contributed by atoms with E-state index in [1.54, 1.807) is 0 Å². The van der Waals surface area contributed by atoms with Crippen LogP contribution >= 0.6 is 0 Å². The van der Waals surface area contributed by atoms with E-state index in [4.69, 9.17) is 0 Å². The van der Waals surface area contributed by atoms with Crippen molar-refractivity contribution in [1.82, 2.24) is 15.8 Å². The molecule has 3 heterocycles. The fraction of sp³-hybridized carbons (Fsp3) is 0.455. The lowest BCUT2D eigenvalue weighted by Gasteiger charge is -2.30. The number of fused-ring (bicyclic) bond motifs is 6. The van der Waals surface area contributed by atoms with E-state index in [0.29, 0.717) is 6.04 Å². The molecule has 136 valence electrons. The molecule has 1 aromatic heterocycles. The average Bonchev–Trinajstić information content (AvgIpc) is 3.23. The number of anilines is 1. The van der Waals surface area contributed by atoms with Crippen LogP contribution in [0.4, 0.5) is 5.69 Å². The molecule has 5 rings (SSSR count). The monoisotopic (exact) mass is 348 g/mol. The third-order valence-electron chi connectivity index (χ3n) is 6.93. The van der Waals surface area contributed by atoms with E-state index < -0.39 is 0 Å². The van der Waals surface area contributed by atoms with E-state index >= 15 is 0 Å². The van der Waals surface area contributed by atoms with Crippen LogP contribution in [0.2, 0.25) is 0 Å². The van der Waals surface area contributed by atoms with Gasteiger partial charge in [-0.2, -0.15) is 0 Å². The number of nitrogens with one attached hydrogen (secondary N) is 3. The van der Waals surface area contributed by atoms with E-state index in [-0.39, 0.29) is 11.5 Å². The lowest BCUT2D eigenvalue weighted by atomic mass is 9.81. The zero-order valence-corrected chi connectivity index (χ0v) is 15.9. The zero-order chi connectivity index (χ0) is 18.1. The fourth-order valence-corrected chi connectivity index (χ4v) is 5.13. The third-order valence-corrected chi connectivity index (χ3v) is 6.93. The molecule has 1 aromatic carbocycles. The van der Waals surface area contributed by atoms with Crippen LogP contribution in [0.25, 0.3) is 10.9 Å². The molecular weight excluding hydrogens is 320 g/mol. The Hall–Kier alpha value is -2.20. The van der Waals surface area contributed by atoms with Gasteiger partial charge >= 0.3 is 0 Å². The highest BCUT2D eigenvalue weighted by Crippen LogP contribution is 2.48. The van der Waals surface area contributed by atoms with Gasteiger partial charge in [0.15, 0.2) is 0 Å². The topological polar surface area (TPSA) is 43.1 Å². The number of nitrogens with zero attached hydrogens (tertiary/aromatic N) is 1. The second kappa shape index (κ2) is 5.40. The van der Waals surface area contributed by atoms with Crippen molar-refractivity contribution in [3.05, 3.63) is 53.4 Å². The number of aromatic nitrogens is 1. The Morgan fingerprint density at radius 2 is 2.15 bits per heavy atom. The molecule has 0 fully saturated rings. The van der Waals surface area contributed by atoms with E-state index in [0.717, 1.165) is 19.4 Å². The molecule has 2 atom stereocenters. The maximum Gasteiger partial charge on any atom is 0.0889 e. The van der Waals surface area contributed by atoms with Crippen molar-refractivity contribution in [1.29, 1.82) is 0 Å². The van der Waals surface area contributed by atoms with Crippen molar-refractivity contribution < 1.29 is 0 Å². The molecule has 2 unspecified atom stereocenters. The molecule has 2 aliphatic heterocycles. The quantitative estimate of drug-likeness (QED) is 0.712. The van der Waals surface area contributed by atoms with Crippen molar-refractivity contribution >= 4 is 16.6 Å². The van der Waals surface area contributed by atoms with E-state index in [1.807, 2.05) is 6.08 Å². The molecule has 4 nitrogen and oxygen atoms in total. The first-order valence-corrected chi connectivity index (χ1v) is 9.79. The summed E-state index contributed by atoms with van der Waals surface area (Å²) in [5.41, 5.74) is 15.2. The summed E-state index contributed by atoms with van der Waals surface area (Å²) in [5, 5.41) is 1.40. The van der Waals surface area contributed by atoms with Crippen LogP contribution in [-0.4, -0.2) is 17.6 Å². The number of aryl methyl sites for hydroxylation is 1. The van der Waals surface area contributed by atoms with Crippen LogP contribution in [0, 0.1) is 0 Å². The summed E-state index contributed by atoms with van der Waals surface area (Å²) in [7, 11) is 0. The molecular formula is C22H28N4. The summed E-state index contributed by atoms with van der Waals surface area (Å²) >= 11 is 0. The number of hydrogen-bond acceptors (Lipinski definition) is 3. The van der Waals surface area contributed by atoms with Crippen molar-refractivity contribution in [3.8, 4) is 0 Å². The highest BCUT2D eigenvalue weighted by molar-refractivity contribution is 5.91. The van der Waals surface area contributed by atoms with Gasteiger partial charge in [0, 0.05) is 46.5 Å². The number of rotatable bonds is 2. The van der Waals surface area contributed by atoms with Gasteiger partial charge in [-0.1, -0.05) is 19.9 Å². The molecule has 0 saturated carbocycles. The van der Waals surface area contributed by atoms with Crippen LogP contribution in [-0.2, 0) is 11.8 Å². The van der Waals surface area contributed by atoms with E-state index in [1.165, 1.54) is 45.4 Å². The first-order chi connectivity index (χ1) is 12.5. The summed E-state index contributed by atoms with van der Waals surface area (Å²) in [6.45, 7) is 11.9. The summed E-state index contributed by atoms with van der Waals surface area (Å²) < 4.78 is 0. The first kappa shape index (κ1) is 16.0.